The van der Waals surface area contributed by atoms with Gasteiger partial charge in [-0.1, -0.05) is 0 Å². The summed E-state index contributed by atoms with van der Waals surface area (Å²) in [6, 6.07) is 3.55. The SMILES string of the molecule is COc1cc(CNC(=O)c2nn(C)cc2N)ccn1. The second-order valence-electron chi connectivity index (χ2n) is 4.00. The predicted molar refractivity (Wildman–Crippen MR) is 69.6 cm³/mol. The summed E-state index contributed by atoms with van der Waals surface area (Å²) in [6.45, 7) is 0.355. The number of hydrogen-bond donors (Lipinski definition) is 2. The van der Waals surface area contributed by atoms with Crippen LogP contribution in [0.1, 0.15) is 16.1 Å². The van der Waals surface area contributed by atoms with E-state index in [0.29, 0.717) is 18.1 Å². The first-order chi connectivity index (χ1) is 9.10. The van der Waals surface area contributed by atoms with Crippen molar-refractivity contribution in [3.8, 4) is 5.88 Å². The Bertz CT molecular complexity index is 594. The van der Waals surface area contributed by atoms with Crippen LogP contribution in [0.15, 0.2) is 24.5 Å². The fourth-order valence-electron chi connectivity index (χ4n) is 1.62. The molecule has 0 aliphatic carbocycles. The van der Waals surface area contributed by atoms with E-state index in [1.807, 2.05) is 0 Å². The van der Waals surface area contributed by atoms with Crippen LogP contribution in [0.2, 0.25) is 0 Å². The fourth-order valence-corrected chi connectivity index (χ4v) is 1.62. The highest BCUT2D eigenvalue weighted by Gasteiger charge is 2.13. The average Bonchev–Trinajstić information content (AvgIpc) is 2.75. The van der Waals surface area contributed by atoms with Crippen molar-refractivity contribution in [3.63, 3.8) is 0 Å². The van der Waals surface area contributed by atoms with Crippen LogP contribution in [0.25, 0.3) is 0 Å². The standard InChI is InChI=1S/C12H15N5O2/c1-17-7-9(13)11(16-17)12(18)15-6-8-3-4-14-10(5-8)19-2/h3-5,7H,6,13H2,1-2H3,(H,15,18). The Hall–Kier alpha value is -2.57. The van der Waals surface area contributed by atoms with E-state index in [2.05, 4.69) is 15.4 Å². The van der Waals surface area contributed by atoms with Gasteiger partial charge in [0.05, 0.1) is 12.8 Å². The van der Waals surface area contributed by atoms with Gasteiger partial charge in [-0.2, -0.15) is 5.10 Å². The van der Waals surface area contributed by atoms with E-state index in [-0.39, 0.29) is 11.6 Å². The van der Waals surface area contributed by atoms with Crippen molar-refractivity contribution in [2.24, 2.45) is 7.05 Å². The van der Waals surface area contributed by atoms with E-state index in [4.69, 9.17) is 10.5 Å². The number of rotatable bonds is 4. The van der Waals surface area contributed by atoms with Crippen LogP contribution >= 0.6 is 0 Å². The molecule has 0 fully saturated rings. The largest absolute Gasteiger partial charge is 0.481 e. The van der Waals surface area contributed by atoms with E-state index in [0.717, 1.165) is 5.56 Å². The molecule has 0 aromatic carbocycles. The first-order valence-corrected chi connectivity index (χ1v) is 5.66. The van der Waals surface area contributed by atoms with E-state index in [1.165, 1.54) is 4.68 Å². The van der Waals surface area contributed by atoms with Gasteiger partial charge >= 0.3 is 0 Å². The van der Waals surface area contributed by atoms with Crippen molar-refractivity contribution in [2.45, 2.75) is 6.54 Å². The number of hydrogen-bond acceptors (Lipinski definition) is 5. The molecule has 0 bridgehead atoms. The number of methoxy groups -OCH3 is 1. The number of nitrogen functional groups attached to an aromatic ring is 1. The molecule has 0 atom stereocenters. The van der Waals surface area contributed by atoms with Crippen molar-refractivity contribution in [3.05, 3.63) is 35.8 Å². The van der Waals surface area contributed by atoms with Gasteiger partial charge in [0.2, 0.25) is 5.88 Å². The average molecular weight is 261 g/mol. The maximum absolute atomic E-state index is 11.9. The van der Waals surface area contributed by atoms with Crippen LogP contribution in [-0.4, -0.2) is 27.8 Å². The second kappa shape index (κ2) is 5.38. The van der Waals surface area contributed by atoms with Crippen LogP contribution in [0.3, 0.4) is 0 Å². The highest BCUT2D eigenvalue weighted by atomic mass is 16.5. The molecule has 0 radical (unpaired) electrons. The normalized spacial score (nSPS) is 10.2. The summed E-state index contributed by atoms with van der Waals surface area (Å²) in [5, 5.41) is 6.74. The summed E-state index contributed by atoms with van der Waals surface area (Å²) >= 11 is 0. The first-order valence-electron chi connectivity index (χ1n) is 5.66. The van der Waals surface area contributed by atoms with E-state index in [9.17, 15) is 4.79 Å². The van der Waals surface area contributed by atoms with Crippen molar-refractivity contribution in [1.82, 2.24) is 20.1 Å². The summed E-state index contributed by atoms with van der Waals surface area (Å²) in [7, 11) is 3.25. The molecular formula is C12H15N5O2. The zero-order valence-electron chi connectivity index (χ0n) is 10.8. The van der Waals surface area contributed by atoms with Crippen molar-refractivity contribution in [1.29, 1.82) is 0 Å². The first kappa shape index (κ1) is 12.9. The zero-order valence-corrected chi connectivity index (χ0v) is 10.8. The zero-order chi connectivity index (χ0) is 13.8. The van der Waals surface area contributed by atoms with Gasteiger partial charge in [-0.15, -0.1) is 0 Å². The monoisotopic (exact) mass is 261 g/mol. The van der Waals surface area contributed by atoms with Gasteiger partial charge in [-0.05, 0) is 11.6 Å². The molecule has 2 aromatic heterocycles. The minimum absolute atomic E-state index is 0.225. The number of aryl methyl sites for hydroxylation is 1. The summed E-state index contributed by atoms with van der Waals surface area (Å²) < 4.78 is 6.51. The number of carbonyl (C=O) groups excluding carboxylic acids is 1. The molecule has 19 heavy (non-hydrogen) atoms. The van der Waals surface area contributed by atoms with Crippen LogP contribution in [0.5, 0.6) is 5.88 Å². The summed E-state index contributed by atoms with van der Waals surface area (Å²) in [5.74, 6) is 0.193. The third kappa shape index (κ3) is 3.01. The molecule has 2 aromatic rings. The Labute approximate surface area is 110 Å². The minimum atomic E-state index is -0.311. The van der Waals surface area contributed by atoms with Gasteiger partial charge in [0.1, 0.15) is 0 Å². The van der Waals surface area contributed by atoms with Gasteiger partial charge in [0, 0.05) is 32.1 Å². The maximum Gasteiger partial charge on any atom is 0.274 e. The lowest BCUT2D eigenvalue weighted by Gasteiger charge is -2.05. The Balaban J connectivity index is 2.02. The molecule has 100 valence electrons. The third-order valence-corrected chi connectivity index (χ3v) is 2.53. The molecule has 1 amide bonds. The van der Waals surface area contributed by atoms with Crippen molar-refractivity contribution in [2.75, 3.05) is 12.8 Å². The van der Waals surface area contributed by atoms with Crippen LogP contribution in [-0.2, 0) is 13.6 Å². The number of amides is 1. The highest BCUT2D eigenvalue weighted by Crippen LogP contribution is 2.10. The number of nitrogens with zero attached hydrogens (tertiary/aromatic N) is 3. The molecule has 7 heteroatoms. The molecule has 0 saturated carbocycles. The number of nitrogens with one attached hydrogen (secondary N) is 1. The van der Waals surface area contributed by atoms with Crippen LogP contribution < -0.4 is 15.8 Å². The predicted octanol–water partition coefficient (Wildman–Crippen LogP) is 0.336. The Morgan fingerprint density at radius 3 is 3.00 bits per heavy atom. The summed E-state index contributed by atoms with van der Waals surface area (Å²) in [4.78, 5) is 15.9. The van der Waals surface area contributed by atoms with E-state index < -0.39 is 0 Å². The fraction of sp³-hybridized carbons (Fsp3) is 0.250. The smallest absolute Gasteiger partial charge is 0.274 e. The van der Waals surface area contributed by atoms with Crippen LogP contribution in [0.4, 0.5) is 5.69 Å². The molecular weight excluding hydrogens is 246 g/mol. The Morgan fingerprint density at radius 1 is 1.58 bits per heavy atom. The highest BCUT2D eigenvalue weighted by molar-refractivity contribution is 5.96. The summed E-state index contributed by atoms with van der Waals surface area (Å²) in [6.07, 6.45) is 3.21. The molecule has 0 saturated heterocycles. The lowest BCUT2D eigenvalue weighted by Crippen LogP contribution is -2.24. The molecule has 3 N–H and O–H groups in total. The lowest BCUT2D eigenvalue weighted by molar-refractivity contribution is 0.0946. The van der Waals surface area contributed by atoms with E-state index in [1.54, 1.807) is 38.7 Å². The van der Waals surface area contributed by atoms with Crippen molar-refractivity contribution < 1.29 is 9.53 Å². The maximum atomic E-state index is 11.9. The van der Waals surface area contributed by atoms with Gasteiger partial charge in [0.15, 0.2) is 5.69 Å². The van der Waals surface area contributed by atoms with Crippen LogP contribution in [0, 0.1) is 0 Å². The van der Waals surface area contributed by atoms with Crippen molar-refractivity contribution >= 4 is 11.6 Å². The Kier molecular flexibility index (Phi) is 3.65. The van der Waals surface area contributed by atoms with Gasteiger partial charge < -0.3 is 15.8 Å². The second-order valence-corrected chi connectivity index (χ2v) is 4.00. The number of carbonyl (C=O) groups is 1. The molecule has 0 aliphatic heterocycles. The molecule has 0 spiro atoms. The minimum Gasteiger partial charge on any atom is -0.481 e. The van der Waals surface area contributed by atoms with E-state index >= 15 is 0 Å². The number of ether oxygens (including phenoxy) is 1. The molecule has 0 unspecified atom stereocenters. The molecule has 0 aliphatic rings. The molecule has 2 heterocycles. The molecule has 2 rings (SSSR count). The van der Waals surface area contributed by atoms with Gasteiger partial charge in [-0.3, -0.25) is 9.48 Å². The summed E-state index contributed by atoms with van der Waals surface area (Å²) in [5.41, 5.74) is 7.15. The van der Waals surface area contributed by atoms with Gasteiger partial charge in [0.25, 0.3) is 5.91 Å². The third-order valence-electron chi connectivity index (χ3n) is 2.53. The lowest BCUT2D eigenvalue weighted by atomic mass is 10.2. The Morgan fingerprint density at radius 2 is 2.37 bits per heavy atom. The number of aromatic nitrogens is 3. The number of nitrogens with two attached hydrogens (primary N) is 1. The number of anilines is 1. The topological polar surface area (TPSA) is 95.1 Å². The molecule has 7 nitrogen and oxygen atoms in total. The van der Waals surface area contributed by atoms with Gasteiger partial charge in [-0.25, -0.2) is 4.98 Å². The number of pyridine rings is 1. The quantitative estimate of drug-likeness (QED) is 0.827.